The number of nitrogens with one attached hydrogen (secondary N) is 2. The van der Waals surface area contributed by atoms with Crippen LogP contribution in [0, 0.1) is 6.92 Å². The number of carbonyl (C=O) groups excluding carboxylic acids is 1. The molecule has 0 unspecified atom stereocenters. The second-order valence-electron chi connectivity index (χ2n) is 7.65. The number of aromatic amines is 1. The first-order chi connectivity index (χ1) is 13.9. The molecule has 0 aliphatic heterocycles. The average Bonchev–Trinajstić information content (AvgIpc) is 3.11. The molecule has 3 aromatic rings. The van der Waals surface area contributed by atoms with Gasteiger partial charge >= 0.3 is 0 Å². The molecule has 3 heterocycles. The zero-order chi connectivity index (χ0) is 21.0. The highest BCUT2D eigenvalue weighted by Crippen LogP contribution is 2.32. The summed E-state index contributed by atoms with van der Waals surface area (Å²) in [5.41, 5.74) is 3.77. The highest BCUT2D eigenvalue weighted by Gasteiger charge is 2.19. The highest BCUT2D eigenvalue weighted by molar-refractivity contribution is 6.01. The van der Waals surface area contributed by atoms with Crippen molar-refractivity contribution in [2.24, 2.45) is 0 Å². The van der Waals surface area contributed by atoms with Crippen molar-refractivity contribution in [3.63, 3.8) is 0 Å². The Morgan fingerprint density at radius 3 is 2.59 bits per heavy atom. The van der Waals surface area contributed by atoms with Gasteiger partial charge in [0.1, 0.15) is 11.5 Å². The van der Waals surface area contributed by atoms with E-state index in [4.69, 9.17) is 4.98 Å². The summed E-state index contributed by atoms with van der Waals surface area (Å²) in [6.45, 7) is 6.38. The van der Waals surface area contributed by atoms with Gasteiger partial charge in [-0.15, -0.1) is 0 Å². The third kappa shape index (κ3) is 4.55. The van der Waals surface area contributed by atoms with Gasteiger partial charge in [0.15, 0.2) is 0 Å². The van der Waals surface area contributed by atoms with Gasteiger partial charge in [-0.1, -0.05) is 26.7 Å². The lowest BCUT2D eigenvalue weighted by atomic mass is 10.1. The predicted molar refractivity (Wildman–Crippen MR) is 117 cm³/mol. The number of fused-ring (bicyclic) bond motifs is 1. The molecule has 3 rings (SSSR count). The standard InChI is InChI=1S/C22H30N6O/c1-6-8-16(9-7-2)25-21-19-17(12-14(3)24-21)26-27-20(19)18-13-15(10-11-23-18)22(29)28(4)5/h10-13,16H,6-9H2,1-5H3,(H,24,25)(H,26,27). The molecule has 0 aliphatic carbocycles. The number of aromatic nitrogens is 4. The molecule has 0 bridgehead atoms. The quantitative estimate of drug-likeness (QED) is 0.591. The number of hydrogen-bond donors (Lipinski definition) is 2. The molecule has 0 radical (unpaired) electrons. The molecule has 0 saturated carbocycles. The van der Waals surface area contributed by atoms with E-state index in [1.54, 1.807) is 37.3 Å². The van der Waals surface area contributed by atoms with Crippen LogP contribution in [0.15, 0.2) is 24.4 Å². The second-order valence-corrected chi connectivity index (χ2v) is 7.65. The van der Waals surface area contributed by atoms with Gasteiger partial charge in [-0.05, 0) is 38.0 Å². The molecule has 0 atom stereocenters. The number of carbonyl (C=O) groups is 1. The molecule has 154 valence electrons. The lowest BCUT2D eigenvalue weighted by Gasteiger charge is -2.19. The van der Waals surface area contributed by atoms with E-state index >= 15 is 0 Å². The van der Waals surface area contributed by atoms with Crippen molar-refractivity contribution in [1.29, 1.82) is 0 Å². The maximum Gasteiger partial charge on any atom is 0.253 e. The molecule has 7 heteroatoms. The van der Waals surface area contributed by atoms with Crippen LogP contribution in [0.4, 0.5) is 5.82 Å². The second kappa shape index (κ2) is 9.03. The van der Waals surface area contributed by atoms with Gasteiger partial charge in [0.2, 0.25) is 0 Å². The van der Waals surface area contributed by atoms with Crippen molar-refractivity contribution in [3.05, 3.63) is 35.7 Å². The van der Waals surface area contributed by atoms with Crippen molar-refractivity contribution in [2.45, 2.75) is 52.5 Å². The first-order valence-corrected chi connectivity index (χ1v) is 10.2. The first-order valence-electron chi connectivity index (χ1n) is 10.2. The molecule has 0 aromatic carbocycles. The van der Waals surface area contributed by atoms with Gasteiger partial charge in [0.25, 0.3) is 5.91 Å². The van der Waals surface area contributed by atoms with E-state index in [9.17, 15) is 4.79 Å². The highest BCUT2D eigenvalue weighted by atomic mass is 16.2. The van der Waals surface area contributed by atoms with Gasteiger partial charge in [0.05, 0.1) is 16.6 Å². The minimum absolute atomic E-state index is 0.0632. The Balaban J connectivity index is 2.08. The number of rotatable bonds is 8. The van der Waals surface area contributed by atoms with E-state index in [0.717, 1.165) is 48.1 Å². The summed E-state index contributed by atoms with van der Waals surface area (Å²) in [5, 5.41) is 12.2. The summed E-state index contributed by atoms with van der Waals surface area (Å²) < 4.78 is 0. The summed E-state index contributed by atoms with van der Waals surface area (Å²) in [6.07, 6.45) is 6.05. The van der Waals surface area contributed by atoms with Crippen LogP contribution in [0.3, 0.4) is 0 Å². The summed E-state index contributed by atoms with van der Waals surface area (Å²) in [4.78, 5) is 23.2. The SMILES string of the molecule is CCCC(CCC)Nc1nc(C)cc2[nH]nc(-c3cc(C(=O)N(C)C)ccn3)c12. The summed E-state index contributed by atoms with van der Waals surface area (Å²) >= 11 is 0. The van der Waals surface area contributed by atoms with Crippen molar-refractivity contribution in [2.75, 3.05) is 19.4 Å². The average molecular weight is 395 g/mol. The Hall–Kier alpha value is -2.96. The number of H-pyrrole nitrogens is 1. The number of anilines is 1. The van der Waals surface area contributed by atoms with E-state index in [-0.39, 0.29) is 5.91 Å². The Kier molecular flexibility index (Phi) is 6.46. The first kappa shape index (κ1) is 20.8. The maximum absolute atomic E-state index is 12.4. The van der Waals surface area contributed by atoms with E-state index in [1.165, 1.54) is 0 Å². The summed E-state index contributed by atoms with van der Waals surface area (Å²) in [7, 11) is 3.48. The lowest BCUT2D eigenvalue weighted by molar-refractivity contribution is 0.0827. The summed E-state index contributed by atoms with van der Waals surface area (Å²) in [5.74, 6) is 0.758. The van der Waals surface area contributed by atoms with Gasteiger partial charge in [-0.25, -0.2) is 4.98 Å². The molecule has 0 spiro atoms. The molecular weight excluding hydrogens is 364 g/mol. The normalized spacial score (nSPS) is 11.2. The molecule has 0 fully saturated rings. The van der Waals surface area contributed by atoms with Crippen molar-refractivity contribution in [1.82, 2.24) is 25.1 Å². The molecule has 0 saturated heterocycles. The fourth-order valence-electron chi connectivity index (χ4n) is 3.59. The Morgan fingerprint density at radius 2 is 1.93 bits per heavy atom. The van der Waals surface area contributed by atoms with Gasteiger partial charge < -0.3 is 10.2 Å². The van der Waals surface area contributed by atoms with Crippen LogP contribution in [0.5, 0.6) is 0 Å². The predicted octanol–water partition coefficient (Wildman–Crippen LogP) is 4.41. The lowest BCUT2D eigenvalue weighted by Crippen LogP contribution is -2.21. The molecule has 1 amide bonds. The van der Waals surface area contributed by atoms with Crippen molar-refractivity contribution >= 4 is 22.6 Å². The topological polar surface area (TPSA) is 86.8 Å². The van der Waals surface area contributed by atoms with Gasteiger partial charge in [0, 0.05) is 37.6 Å². The monoisotopic (exact) mass is 394 g/mol. The minimum atomic E-state index is -0.0632. The Morgan fingerprint density at radius 1 is 1.21 bits per heavy atom. The molecule has 3 aromatic heterocycles. The van der Waals surface area contributed by atoms with Crippen LogP contribution in [-0.2, 0) is 0 Å². The number of amides is 1. The van der Waals surface area contributed by atoms with Gasteiger partial charge in [-0.3, -0.25) is 14.9 Å². The van der Waals surface area contributed by atoms with Crippen LogP contribution in [0.25, 0.3) is 22.3 Å². The zero-order valence-corrected chi connectivity index (χ0v) is 17.9. The van der Waals surface area contributed by atoms with Crippen molar-refractivity contribution in [3.8, 4) is 11.4 Å². The van der Waals surface area contributed by atoms with E-state index in [1.807, 2.05) is 13.0 Å². The van der Waals surface area contributed by atoms with Crippen LogP contribution in [0.1, 0.15) is 55.6 Å². The van der Waals surface area contributed by atoms with Gasteiger partial charge in [-0.2, -0.15) is 5.10 Å². The fourth-order valence-corrected chi connectivity index (χ4v) is 3.59. The van der Waals surface area contributed by atoms with Crippen LogP contribution in [0.2, 0.25) is 0 Å². The Labute approximate surface area is 171 Å². The van der Waals surface area contributed by atoms with Crippen molar-refractivity contribution < 1.29 is 4.79 Å². The number of pyridine rings is 2. The molecule has 7 nitrogen and oxygen atoms in total. The van der Waals surface area contributed by atoms with E-state index in [2.05, 4.69) is 34.3 Å². The fraction of sp³-hybridized carbons (Fsp3) is 0.455. The van der Waals surface area contributed by atoms with Crippen LogP contribution < -0.4 is 5.32 Å². The Bertz CT molecular complexity index is 988. The molecule has 2 N–H and O–H groups in total. The van der Waals surface area contributed by atoms with E-state index < -0.39 is 0 Å². The van der Waals surface area contributed by atoms with Crippen LogP contribution >= 0.6 is 0 Å². The van der Waals surface area contributed by atoms with E-state index in [0.29, 0.717) is 23.0 Å². The minimum Gasteiger partial charge on any atom is -0.367 e. The maximum atomic E-state index is 12.4. The van der Waals surface area contributed by atoms with Crippen LogP contribution in [-0.4, -0.2) is 51.1 Å². The largest absolute Gasteiger partial charge is 0.367 e. The third-order valence-electron chi connectivity index (χ3n) is 4.94. The number of nitrogens with zero attached hydrogens (tertiary/aromatic N) is 4. The number of hydrogen-bond acceptors (Lipinski definition) is 5. The zero-order valence-electron chi connectivity index (χ0n) is 17.9. The molecule has 0 aliphatic rings. The summed E-state index contributed by atoms with van der Waals surface area (Å²) in [6, 6.07) is 5.86. The smallest absolute Gasteiger partial charge is 0.253 e. The molecule has 29 heavy (non-hydrogen) atoms. The third-order valence-corrected chi connectivity index (χ3v) is 4.94. The number of aryl methyl sites for hydroxylation is 1. The molecular formula is C22H30N6O.